The molecule has 0 amide bonds. The highest BCUT2D eigenvalue weighted by Gasteiger charge is 2.40. The fraction of sp³-hybridized carbons (Fsp3) is 0.462. The third-order valence-electron chi connectivity index (χ3n) is 2.16. The molecule has 1 aromatic carbocycles. The molecule has 0 aromatic heterocycles. The van der Waals surface area contributed by atoms with Crippen LogP contribution in [0.2, 0.25) is 6.43 Å². The highest BCUT2D eigenvalue weighted by atomic mass is 35.5. The van der Waals surface area contributed by atoms with Crippen molar-refractivity contribution >= 4 is 17.4 Å². The van der Waals surface area contributed by atoms with Crippen LogP contribution in [0.25, 0.3) is 0 Å². The lowest BCUT2D eigenvalue weighted by atomic mass is 9.75. The third kappa shape index (κ3) is 1.76. The van der Waals surface area contributed by atoms with Crippen molar-refractivity contribution in [3.63, 3.8) is 0 Å². The second-order valence-corrected chi connectivity index (χ2v) is 3.42. The molecule has 86 valence electrons. The molecule has 2 nitrogen and oxygen atoms in total. The number of carbonyl (C=O) groups excluding carboxylic acids is 1. The van der Waals surface area contributed by atoms with Gasteiger partial charge in [-0.3, -0.25) is 4.79 Å². The molecule has 0 heterocycles. The van der Waals surface area contributed by atoms with Crippen LogP contribution in [0, 0.1) is 0 Å². The largest absolute Gasteiger partial charge is 0.304 e. The molecule has 1 atom stereocenters. The highest BCUT2D eigenvalue weighted by molar-refractivity contribution is 6.31. The summed E-state index contributed by atoms with van der Waals surface area (Å²) in [5, 5.41) is -1.53. The van der Waals surface area contributed by atoms with Crippen LogP contribution >= 0.6 is 11.6 Å². The zero-order valence-electron chi connectivity index (χ0n) is 21.9. The first-order chi connectivity index (χ1) is 13.2. The fourth-order valence-corrected chi connectivity index (χ4v) is 1.58. The van der Waals surface area contributed by atoms with Crippen molar-refractivity contribution in [3.05, 3.63) is 34.8 Å². The number of hydrogen-bond acceptors (Lipinski definition) is 2. The van der Waals surface area contributed by atoms with Crippen molar-refractivity contribution in [1.29, 1.82) is 0 Å². The smallest absolute Gasteiger partial charge is 0.157 e. The number of ketones is 1. The predicted molar refractivity (Wildman–Crippen MR) is 65.7 cm³/mol. The minimum atomic E-state index is -3.81. The lowest BCUT2D eigenvalue weighted by Crippen LogP contribution is -2.49. The summed E-state index contributed by atoms with van der Waals surface area (Å²) in [6, 6.07) is -3.99. The molecule has 1 N–H and O–H groups in total. The van der Waals surface area contributed by atoms with Gasteiger partial charge in [-0.05, 0) is 31.3 Å². The van der Waals surface area contributed by atoms with Gasteiger partial charge in [-0.2, -0.15) is 0 Å². The molecule has 0 spiro atoms. The molecule has 16 heavy (non-hydrogen) atoms. The first kappa shape index (κ1) is 3.33. The molecule has 0 bridgehead atoms. The Morgan fingerprint density at radius 2 is 2.44 bits per heavy atom. The first-order valence-electron chi connectivity index (χ1n) is 11.2. The number of nitrogens with one attached hydrogen (secondary N) is 1. The van der Waals surface area contributed by atoms with Crippen molar-refractivity contribution in [2.45, 2.75) is 31.1 Å². The predicted octanol–water partition coefficient (Wildman–Crippen LogP) is 2.90. The van der Waals surface area contributed by atoms with Crippen LogP contribution in [0.5, 0.6) is 0 Å². The summed E-state index contributed by atoms with van der Waals surface area (Å²) >= 11 is 6.01. The molecule has 1 saturated carbocycles. The third-order valence-corrected chi connectivity index (χ3v) is 2.44. The molecular formula is C13H16ClNO. The summed E-state index contributed by atoms with van der Waals surface area (Å²) in [5.41, 5.74) is -4.66. The van der Waals surface area contributed by atoms with Crippen LogP contribution in [0.15, 0.2) is 24.2 Å². The Bertz CT molecular complexity index is 883. The summed E-state index contributed by atoms with van der Waals surface area (Å²) in [6.45, 7) is -3.58. The number of Topliss-reactive ketones (excluding diaryl/α,β-unsaturated/α-hetero) is 1. The molecule has 2 rings (SSSR count). The van der Waals surface area contributed by atoms with Crippen LogP contribution in [0.1, 0.15) is 48.9 Å². The summed E-state index contributed by atoms with van der Waals surface area (Å²) in [5.74, 6) is -1.61. The average molecular weight is 252 g/mol. The maximum absolute atomic E-state index is 13.2. The molecule has 0 aliphatic heterocycles. The Balaban J connectivity index is 3.18. The van der Waals surface area contributed by atoms with E-state index in [1.807, 2.05) is 0 Å². The van der Waals surface area contributed by atoms with Gasteiger partial charge in [0.05, 0.1) is 5.48 Å². The summed E-state index contributed by atoms with van der Waals surface area (Å²) in [6.07, 6.45) is -11.9. The number of carbonyl (C=O) groups is 1. The van der Waals surface area contributed by atoms with Crippen LogP contribution in [0.4, 0.5) is 0 Å². The van der Waals surface area contributed by atoms with Gasteiger partial charge < -0.3 is 5.31 Å². The maximum atomic E-state index is 13.2. The summed E-state index contributed by atoms with van der Waals surface area (Å²) < 4.78 is 111. The SMILES string of the molecule is [2H]c1c([2H])c([2H])c(C2(N([2H])C([2H])([2H])[2H])C(=O)CC([2H])([2H])C([2H])([2H])C2([2H])[2H])c(Cl)c1[2H]. The van der Waals surface area contributed by atoms with Crippen LogP contribution < -0.4 is 5.31 Å². The summed E-state index contributed by atoms with van der Waals surface area (Å²) in [7, 11) is 0. The van der Waals surface area contributed by atoms with E-state index in [0.29, 0.717) is 0 Å². The number of rotatable bonds is 2. The molecule has 1 fully saturated rings. The molecular weight excluding hydrogens is 222 g/mol. The van der Waals surface area contributed by atoms with E-state index in [9.17, 15) is 4.79 Å². The van der Waals surface area contributed by atoms with Gasteiger partial charge in [0, 0.05) is 23.8 Å². The van der Waals surface area contributed by atoms with Crippen LogP contribution in [-0.2, 0) is 10.3 Å². The normalized spacial score (nSPS) is 49.0. The van der Waals surface area contributed by atoms with Crippen molar-refractivity contribution in [3.8, 4) is 0 Å². The second kappa shape index (κ2) is 4.56. The number of likely N-dealkylation sites (N-methyl/N-ethyl adjacent to an activating group) is 1. The van der Waals surface area contributed by atoms with E-state index in [0.717, 1.165) is 0 Å². The van der Waals surface area contributed by atoms with Crippen LogP contribution in [0.3, 0.4) is 0 Å². The Morgan fingerprint density at radius 3 is 3.25 bits per heavy atom. The topological polar surface area (TPSA) is 29.1 Å². The molecule has 0 saturated heterocycles. The van der Waals surface area contributed by atoms with Gasteiger partial charge in [-0.1, -0.05) is 36.1 Å². The quantitative estimate of drug-likeness (QED) is 0.876. The van der Waals surface area contributed by atoms with Gasteiger partial charge in [0.2, 0.25) is 0 Å². The van der Waals surface area contributed by atoms with E-state index in [1.165, 1.54) is 0 Å². The van der Waals surface area contributed by atoms with E-state index in [4.69, 9.17) is 30.8 Å². The monoisotopic (exact) mass is 251 g/mol. The van der Waals surface area contributed by atoms with Gasteiger partial charge in [0.25, 0.3) is 0 Å². The highest BCUT2D eigenvalue weighted by Crippen LogP contribution is 2.37. The Labute approximate surface area is 121 Å². The van der Waals surface area contributed by atoms with Crippen molar-refractivity contribution in [2.24, 2.45) is 0 Å². The molecule has 3 heteroatoms. The van der Waals surface area contributed by atoms with E-state index in [-0.39, 0.29) is 0 Å². The van der Waals surface area contributed by atoms with Crippen molar-refractivity contribution < 1.29 is 24.0 Å². The zero-order chi connectivity index (χ0) is 23.8. The number of benzene rings is 1. The van der Waals surface area contributed by atoms with Gasteiger partial charge in [-0.15, -0.1) is 0 Å². The minimum absolute atomic E-state index is 0.558. The van der Waals surface area contributed by atoms with E-state index in [2.05, 4.69) is 0 Å². The van der Waals surface area contributed by atoms with E-state index < -0.39 is 83.9 Å². The van der Waals surface area contributed by atoms with Crippen molar-refractivity contribution in [1.82, 2.24) is 5.31 Å². The maximum Gasteiger partial charge on any atom is 0.157 e. The van der Waals surface area contributed by atoms with Gasteiger partial charge in [-0.25, -0.2) is 0 Å². The number of halogens is 1. The Kier molecular flexibility index (Phi) is 0.950. The fourth-order valence-electron chi connectivity index (χ4n) is 1.35. The molecule has 0 radical (unpaired) electrons. The Morgan fingerprint density at radius 1 is 1.62 bits per heavy atom. The average Bonchev–Trinajstić information content (AvgIpc) is 2.58. The Hall–Kier alpha value is -0.860. The van der Waals surface area contributed by atoms with Gasteiger partial charge in [0.1, 0.15) is 6.95 Å². The summed E-state index contributed by atoms with van der Waals surface area (Å²) in [4.78, 5) is 13.2. The standard InChI is InChI=1S/C13H16ClNO/c1-15-13(9-5-4-8-12(13)16)10-6-2-3-7-11(10)14/h2-3,6-7,15H,4-5,8-9H2,1H3/i1D3,2D,3D,4D2,5D2,6D,7D,9D2/hD. The van der Waals surface area contributed by atoms with E-state index >= 15 is 0 Å². The van der Waals surface area contributed by atoms with Gasteiger partial charge >= 0.3 is 0 Å². The molecule has 1 aromatic rings. The number of hydrogen-bond donors (Lipinski definition) is 1. The van der Waals surface area contributed by atoms with Crippen LogP contribution in [-0.4, -0.2) is 12.8 Å². The minimum Gasteiger partial charge on any atom is -0.304 e. The molecule has 1 aliphatic carbocycles. The van der Waals surface area contributed by atoms with Crippen molar-refractivity contribution in [2.75, 3.05) is 6.98 Å². The lowest BCUT2D eigenvalue weighted by Gasteiger charge is -2.36. The zero-order valence-corrected chi connectivity index (χ0v) is 8.70. The van der Waals surface area contributed by atoms with Gasteiger partial charge in [0.15, 0.2) is 5.78 Å². The lowest BCUT2D eigenvalue weighted by molar-refractivity contribution is -0.127. The first-order valence-corrected chi connectivity index (χ1v) is 4.68. The molecule has 1 aliphatic rings. The van der Waals surface area contributed by atoms with E-state index in [1.54, 1.807) is 0 Å². The second-order valence-electron chi connectivity index (χ2n) is 3.04. The molecule has 1 unspecified atom stereocenters.